The average molecular weight is 289 g/mol. The van der Waals surface area contributed by atoms with Crippen molar-refractivity contribution in [2.24, 2.45) is 0 Å². The van der Waals surface area contributed by atoms with Gasteiger partial charge in [-0.2, -0.15) is 17.5 Å². The fraction of sp³-hybridized carbons (Fsp3) is 0. The first-order valence-electron chi connectivity index (χ1n) is 5.31. The molecule has 19 heavy (non-hydrogen) atoms. The van der Waals surface area contributed by atoms with Gasteiger partial charge in [-0.1, -0.05) is 18.2 Å². The van der Waals surface area contributed by atoms with Crippen LogP contribution in [-0.2, 0) is 0 Å². The molecule has 0 atom stereocenters. The Morgan fingerprint density at radius 2 is 1.89 bits per heavy atom. The van der Waals surface area contributed by atoms with Crippen LogP contribution >= 0.6 is 23.5 Å². The van der Waals surface area contributed by atoms with Crippen molar-refractivity contribution in [3.05, 3.63) is 42.1 Å². The van der Waals surface area contributed by atoms with Gasteiger partial charge < -0.3 is 5.32 Å². The van der Waals surface area contributed by atoms with E-state index in [4.69, 9.17) is 0 Å². The van der Waals surface area contributed by atoms with Gasteiger partial charge >= 0.3 is 0 Å². The van der Waals surface area contributed by atoms with Gasteiger partial charge in [-0.05, 0) is 12.1 Å². The molecule has 1 N–H and O–H groups in total. The van der Waals surface area contributed by atoms with Crippen LogP contribution in [-0.4, -0.2) is 23.4 Å². The van der Waals surface area contributed by atoms with Crippen molar-refractivity contribution in [3.8, 4) is 11.4 Å². The Morgan fingerprint density at radius 3 is 2.63 bits per heavy atom. The highest BCUT2D eigenvalue weighted by molar-refractivity contribution is 7.00. The van der Waals surface area contributed by atoms with Crippen LogP contribution in [0.2, 0.25) is 0 Å². The molecule has 0 aliphatic rings. The largest absolute Gasteiger partial charge is 0.304 e. The normalized spacial score (nSPS) is 10.3. The Kier molecular flexibility index (Phi) is 3.25. The standard InChI is InChI=1S/C11H7N5OS2/c17-11(7-4-2-1-3-5-7)13-10-9(15-19-16-10)8-6-12-18-14-8/h1-6H,(H,13,16,17). The van der Waals surface area contributed by atoms with Crippen LogP contribution in [0.15, 0.2) is 36.5 Å². The molecule has 94 valence electrons. The van der Waals surface area contributed by atoms with Crippen molar-refractivity contribution in [2.75, 3.05) is 5.32 Å². The molecule has 3 rings (SSSR count). The molecule has 2 heterocycles. The quantitative estimate of drug-likeness (QED) is 0.800. The van der Waals surface area contributed by atoms with E-state index in [2.05, 4.69) is 22.8 Å². The number of nitrogens with zero attached hydrogens (tertiary/aromatic N) is 4. The van der Waals surface area contributed by atoms with Crippen LogP contribution < -0.4 is 5.32 Å². The number of carbonyl (C=O) groups excluding carboxylic acids is 1. The summed E-state index contributed by atoms with van der Waals surface area (Å²) in [5.41, 5.74) is 1.72. The Hall–Kier alpha value is -2.19. The summed E-state index contributed by atoms with van der Waals surface area (Å²) in [6.07, 6.45) is 1.60. The van der Waals surface area contributed by atoms with E-state index in [1.165, 1.54) is 0 Å². The summed E-state index contributed by atoms with van der Waals surface area (Å²) in [4.78, 5) is 12.0. The van der Waals surface area contributed by atoms with Gasteiger partial charge in [0.15, 0.2) is 5.82 Å². The summed E-state index contributed by atoms with van der Waals surface area (Å²) in [5.74, 6) is 0.185. The minimum atomic E-state index is -0.224. The predicted molar refractivity (Wildman–Crippen MR) is 73.2 cm³/mol. The Labute approximate surface area is 116 Å². The van der Waals surface area contributed by atoms with Crippen LogP contribution in [0.3, 0.4) is 0 Å². The van der Waals surface area contributed by atoms with Gasteiger partial charge in [-0.25, -0.2) is 0 Å². The molecule has 0 saturated carbocycles. The van der Waals surface area contributed by atoms with E-state index in [0.29, 0.717) is 22.8 Å². The van der Waals surface area contributed by atoms with E-state index in [9.17, 15) is 4.79 Å². The van der Waals surface area contributed by atoms with Crippen LogP contribution in [0.5, 0.6) is 0 Å². The zero-order chi connectivity index (χ0) is 13.1. The Bertz CT molecular complexity index is 680. The minimum absolute atomic E-state index is 0.224. The molecular formula is C11H7N5OS2. The second kappa shape index (κ2) is 5.21. The van der Waals surface area contributed by atoms with Crippen molar-refractivity contribution in [2.45, 2.75) is 0 Å². The van der Waals surface area contributed by atoms with E-state index in [1.807, 2.05) is 6.07 Å². The van der Waals surface area contributed by atoms with E-state index in [-0.39, 0.29) is 5.91 Å². The number of hydrogen-bond donors (Lipinski definition) is 1. The molecule has 0 aliphatic carbocycles. The third-order valence-corrected chi connectivity index (χ3v) is 3.37. The van der Waals surface area contributed by atoms with Gasteiger partial charge in [0.25, 0.3) is 5.91 Å². The summed E-state index contributed by atoms with van der Waals surface area (Å²) in [6, 6.07) is 8.94. The van der Waals surface area contributed by atoms with Crippen LogP contribution in [0, 0.1) is 0 Å². The van der Waals surface area contributed by atoms with Gasteiger partial charge in [0.2, 0.25) is 0 Å². The van der Waals surface area contributed by atoms with E-state index >= 15 is 0 Å². The summed E-state index contributed by atoms with van der Waals surface area (Å²) in [7, 11) is 0. The molecule has 0 spiro atoms. The average Bonchev–Trinajstić information content (AvgIpc) is 3.10. The lowest BCUT2D eigenvalue weighted by atomic mass is 10.2. The lowest BCUT2D eigenvalue weighted by Gasteiger charge is -2.02. The molecule has 0 fully saturated rings. The number of hydrogen-bond acceptors (Lipinski definition) is 7. The zero-order valence-electron chi connectivity index (χ0n) is 9.48. The first-order valence-corrected chi connectivity index (χ1v) is 6.77. The van der Waals surface area contributed by atoms with Gasteiger partial charge in [0, 0.05) is 5.56 Å². The summed E-state index contributed by atoms with van der Waals surface area (Å²) < 4.78 is 16.2. The van der Waals surface area contributed by atoms with Crippen molar-refractivity contribution in [3.63, 3.8) is 0 Å². The van der Waals surface area contributed by atoms with Crippen LogP contribution in [0.4, 0.5) is 5.82 Å². The maximum atomic E-state index is 12.0. The number of carbonyl (C=O) groups is 1. The summed E-state index contributed by atoms with van der Waals surface area (Å²) in [6.45, 7) is 0. The van der Waals surface area contributed by atoms with Crippen LogP contribution in [0.25, 0.3) is 11.4 Å². The molecule has 3 aromatic rings. The first-order chi connectivity index (χ1) is 9.34. The fourth-order valence-corrected chi connectivity index (χ4v) is 2.41. The Morgan fingerprint density at radius 1 is 1.05 bits per heavy atom. The smallest absolute Gasteiger partial charge is 0.256 e. The fourth-order valence-electron chi connectivity index (χ4n) is 1.48. The predicted octanol–water partition coefficient (Wildman–Crippen LogP) is 2.31. The Balaban J connectivity index is 1.85. The zero-order valence-corrected chi connectivity index (χ0v) is 11.1. The lowest BCUT2D eigenvalue weighted by Crippen LogP contribution is -2.12. The van der Waals surface area contributed by atoms with Gasteiger partial charge in [-0.3, -0.25) is 4.79 Å². The van der Waals surface area contributed by atoms with Crippen molar-refractivity contribution in [1.82, 2.24) is 17.5 Å². The van der Waals surface area contributed by atoms with Gasteiger partial charge in [0.1, 0.15) is 11.4 Å². The van der Waals surface area contributed by atoms with Crippen molar-refractivity contribution >= 4 is 35.2 Å². The summed E-state index contributed by atoms with van der Waals surface area (Å²) >= 11 is 2.11. The monoisotopic (exact) mass is 289 g/mol. The molecule has 6 nitrogen and oxygen atoms in total. The summed E-state index contributed by atoms with van der Waals surface area (Å²) in [5, 5.41) is 2.73. The molecule has 0 saturated heterocycles. The van der Waals surface area contributed by atoms with E-state index in [1.54, 1.807) is 30.5 Å². The lowest BCUT2D eigenvalue weighted by molar-refractivity contribution is 0.102. The highest BCUT2D eigenvalue weighted by atomic mass is 32.1. The minimum Gasteiger partial charge on any atom is -0.304 e. The number of rotatable bonds is 3. The SMILES string of the molecule is O=C(Nc1nsnc1-c1cnsn1)c1ccccc1. The van der Waals surface area contributed by atoms with Gasteiger partial charge in [0.05, 0.1) is 29.7 Å². The number of nitrogens with one attached hydrogen (secondary N) is 1. The molecule has 0 aliphatic heterocycles. The number of amides is 1. The van der Waals surface area contributed by atoms with Crippen LogP contribution in [0.1, 0.15) is 10.4 Å². The number of benzene rings is 1. The molecule has 0 bridgehead atoms. The van der Waals surface area contributed by atoms with Crippen molar-refractivity contribution < 1.29 is 4.79 Å². The number of anilines is 1. The molecule has 0 radical (unpaired) electrons. The third-order valence-electron chi connectivity index (χ3n) is 2.36. The highest BCUT2D eigenvalue weighted by Crippen LogP contribution is 2.24. The topological polar surface area (TPSA) is 80.7 Å². The van der Waals surface area contributed by atoms with Crippen molar-refractivity contribution in [1.29, 1.82) is 0 Å². The second-order valence-corrected chi connectivity index (χ2v) is 4.66. The van der Waals surface area contributed by atoms with Gasteiger partial charge in [-0.15, -0.1) is 0 Å². The maximum Gasteiger partial charge on any atom is 0.256 e. The molecule has 1 amide bonds. The molecule has 2 aromatic heterocycles. The molecule has 8 heteroatoms. The highest BCUT2D eigenvalue weighted by Gasteiger charge is 2.16. The maximum absolute atomic E-state index is 12.0. The number of aromatic nitrogens is 4. The molecular weight excluding hydrogens is 282 g/mol. The molecule has 0 unspecified atom stereocenters. The van der Waals surface area contributed by atoms with E-state index < -0.39 is 0 Å². The van der Waals surface area contributed by atoms with E-state index in [0.717, 1.165) is 23.5 Å². The second-order valence-electron chi connectivity index (χ2n) is 3.57. The molecule has 1 aromatic carbocycles. The third kappa shape index (κ3) is 2.49. The first kappa shape index (κ1) is 11.9.